The van der Waals surface area contributed by atoms with Gasteiger partial charge in [0, 0.05) is 44.9 Å². The zero-order chi connectivity index (χ0) is 16.2. The second kappa shape index (κ2) is 7.00. The smallest absolute Gasteiger partial charge is 0.223 e. The lowest BCUT2D eigenvalue weighted by molar-refractivity contribution is -0.134. The summed E-state index contributed by atoms with van der Waals surface area (Å²) in [7, 11) is 0. The van der Waals surface area contributed by atoms with Crippen LogP contribution in [0.5, 0.6) is 0 Å². The fraction of sp³-hybridized carbons (Fsp3) is 0.529. The van der Waals surface area contributed by atoms with Gasteiger partial charge in [-0.05, 0) is 25.6 Å². The first kappa shape index (κ1) is 15.8. The molecule has 0 radical (unpaired) electrons. The molecule has 2 aromatic heterocycles. The number of furan rings is 1. The Morgan fingerprint density at radius 1 is 1.43 bits per heavy atom. The molecule has 124 valence electrons. The van der Waals surface area contributed by atoms with Crippen LogP contribution in [0.15, 0.2) is 28.9 Å². The van der Waals surface area contributed by atoms with Gasteiger partial charge in [0.2, 0.25) is 5.91 Å². The van der Waals surface area contributed by atoms with Crippen molar-refractivity contribution in [1.82, 2.24) is 19.8 Å². The van der Waals surface area contributed by atoms with Crippen LogP contribution in [-0.4, -0.2) is 51.9 Å². The molecule has 1 aliphatic heterocycles. The molecule has 1 saturated heterocycles. The van der Waals surface area contributed by atoms with E-state index in [1.807, 2.05) is 30.2 Å². The monoisotopic (exact) mass is 316 g/mol. The maximum absolute atomic E-state index is 12.5. The van der Waals surface area contributed by atoms with E-state index in [0.29, 0.717) is 19.4 Å². The number of hydrogen-bond acceptors (Lipinski definition) is 4. The molecule has 0 spiro atoms. The molecule has 0 aromatic carbocycles. The number of aromatic amines is 1. The van der Waals surface area contributed by atoms with E-state index in [9.17, 15) is 4.79 Å². The highest BCUT2D eigenvalue weighted by Gasteiger charge is 2.30. The Morgan fingerprint density at radius 3 is 2.96 bits per heavy atom. The number of carbonyl (C=O) groups is 1. The number of imidazole rings is 1. The highest BCUT2D eigenvalue weighted by Crippen LogP contribution is 2.23. The van der Waals surface area contributed by atoms with E-state index in [2.05, 4.69) is 21.8 Å². The van der Waals surface area contributed by atoms with E-state index >= 15 is 0 Å². The molecule has 1 N–H and O–H groups in total. The predicted molar refractivity (Wildman–Crippen MR) is 86.9 cm³/mol. The number of rotatable bonds is 5. The van der Waals surface area contributed by atoms with Gasteiger partial charge in [0.15, 0.2) is 0 Å². The van der Waals surface area contributed by atoms with Crippen molar-refractivity contribution >= 4 is 5.91 Å². The summed E-state index contributed by atoms with van der Waals surface area (Å²) in [6, 6.07) is 4.04. The minimum atomic E-state index is 0.151. The van der Waals surface area contributed by atoms with E-state index in [-0.39, 0.29) is 11.9 Å². The summed E-state index contributed by atoms with van der Waals surface area (Å²) in [4.78, 5) is 24.4. The normalized spacial score (nSPS) is 19.2. The lowest BCUT2D eigenvalue weighted by Crippen LogP contribution is -2.50. The lowest BCUT2D eigenvalue weighted by Gasteiger charge is -2.40. The van der Waals surface area contributed by atoms with E-state index < -0.39 is 0 Å². The number of piperazine rings is 1. The Bertz CT molecular complexity index is 635. The first-order chi connectivity index (χ1) is 11.2. The van der Waals surface area contributed by atoms with Crippen LogP contribution in [0.3, 0.4) is 0 Å². The molecule has 23 heavy (non-hydrogen) atoms. The van der Waals surface area contributed by atoms with Gasteiger partial charge in [0.1, 0.15) is 17.3 Å². The highest BCUT2D eigenvalue weighted by atomic mass is 16.3. The molecular weight excluding hydrogens is 292 g/mol. The highest BCUT2D eigenvalue weighted by molar-refractivity contribution is 5.76. The Morgan fingerprint density at radius 2 is 2.30 bits per heavy atom. The Kier molecular flexibility index (Phi) is 4.81. The van der Waals surface area contributed by atoms with Crippen molar-refractivity contribution in [2.24, 2.45) is 0 Å². The second-order valence-corrected chi connectivity index (χ2v) is 5.97. The van der Waals surface area contributed by atoms with Crippen molar-refractivity contribution in [3.8, 4) is 0 Å². The molecule has 1 aliphatic rings. The summed E-state index contributed by atoms with van der Waals surface area (Å²) in [5.41, 5.74) is 0. The molecule has 0 aliphatic carbocycles. The van der Waals surface area contributed by atoms with Gasteiger partial charge < -0.3 is 14.3 Å². The van der Waals surface area contributed by atoms with E-state index in [1.165, 1.54) is 0 Å². The number of aryl methyl sites for hydroxylation is 2. The van der Waals surface area contributed by atoms with E-state index in [0.717, 1.165) is 37.0 Å². The maximum Gasteiger partial charge on any atom is 0.223 e. The zero-order valence-electron chi connectivity index (χ0n) is 13.8. The second-order valence-electron chi connectivity index (χ2n) is 5.97. The standard InChI is InChI=1S/C17H24N4O2/c1-3-20-10-11-21(12-15(20)17-18-8-9-19-17)16(22)7-6-14-5-4-13(2)23-14/h4-5,8-9,15H,3,6-7,10-12H2,1-2H3,(H,18,19)/t15-/m1/s1. The molecule has 2 aromatic rings. The lowest BCUT2D eigenvalue weighted by atomic mass is 10.1. The topological polar surface area (TPSA) is 65.4 Å². The van der Waals surface area contributed by atoms with Gasteiger partial charge in [0.05, 0.1) is 6.04 Å². The molecule has 1 atom stereocenters. The van der Waals surface area contributed by atoms with Gasteiger partial charge in [-0.1, -0.05) is 6.92 Å². The summed E-state index contributed by atoms with van der Waals surface area (Å²) in [6.45, 7) is 7.38. The minimum absolute atomic E-state index is 0.151. The molecule has 1 amide bonds. The molecule has 3 rings (SSSR count). The minimum Gasteiger partial charge on any atom is -0.466 e. The van der Waals surface area contributed by atoms with Gasteiger partial charge in [-0.3, -0.25) is 9.69 Å². The third kappa shape index (κ3) is 3.64. The van der Waals surface area contributed by atoms with Crippen molar-refractivity contribution < 1.29 is 9.21 Å². The van der Waals surface area contributed by atoms with Crippen LogP contribution in [0.25, 0.3) is 0 Å². The summed E-state index contributed by atoms with van der Waals surface area (Å²) in [5.74, 6) is 2.89. The SMILES string of the molecule is CCN1CCN(C(=O)CCc2ccc(C)o2)C[C@@H]1c1ncc[nH]1. The van der Waals surface area contributed by atoms with Crippen LogP contribution in [0.2, 0.25) is 0 Å². The molecular formula is C17H24N4O2. The third-order valence-electron chi connectivity index (χ3n) is 4.47. The fourth-order valence-electron chi connectivity index (χ4n) is 3.15. The molecule has 6 nitrogen and oxygen atoms in total. The van der Waals surface area contributed by atoms with Gasteiger partial charge in [-0.25, -0.2) is 4.98 Å². The van der Waals surface area contributed by atoms with Crippen molar-refractivity contribution in [3.05, 3.63) is 41.9 Å². The first-order valence-electron chi connectivity index (χ1n) is 8.23. The van der Waals surface area contributed by atoms with Crippen LogP contribution < -0.4 is 0 Å². The Balaban J connectivity index is 1.60. The average Bonchev–Trinajstić information content (AvgIpc) is 3.23. The number of H-pyrrole nitrogens is 1. The van der Waals surface area contributed by atoms with Gasteiger partial charge in [0.25, 0.3) is 0 Å². The third-order valence-corrected chi connectivity index (χ3v) is 4.47. The summed E-state index contributed by atoms with van der Waals surface area (Å²) < 4.78 is 5.54. The number of amides is 1. The average molecular weight is 316 g/mol. The molecule has 6 heteroatoms. The van der Waals surface area contributed by atoms with Crippen LogP contribution in [0.1, 0.15) is 36.7 Å². The van der Waals surface area contributed by atoms with Crippen LogP contribution in [0, 0.1) is 6.92 Å². The number of aromatic nitrogens is 2. The Hall–Kier alpha value is -2.08. The summed E-state index contributed by atoms with van der Waals surface area (Å²) in [5, 5.41) is 0. The largest absolute Gasteiger partial charge is 0.466 e. The van der Waals surface area contributed by atoms with Crippen LogP contribution in [0.4, 0.5) is 0 Å². The van der Waals surface area contributed by atoms with Crippen LogP contribution in [-0.2, 0) is 11.2 Å². The van der Waals surface area contributed by atoms with Crippen LogP contribution >= 0.6 is 0 Å². The van der Waals surface area contributed by atoms with Gasteiger partial charge in [-0.15, -0.1) is 0 Å². The molecule has 3 heterocycles. The summed E-state index contributed by atoms with van der Waals surface area (Å²) in [6.07, 6.45) is 4.75. The number of nitrogens with zero attached hydrogens (tertiary/aromatic N) is 3. The number of carbonyl (C=O) groups excluding carboxylic acids is 1. The summed E-state index contributed by atoms with van der Waals surface area (Å²) >= 11 is 0. The van der Waals surface area contributed by atoms with E-state index in [1.54, 1.807) is 6.20 Å². The maximum atomic E-state index is 12.5. The van der Waals surface area contributed by atoms with Gasteiger partial charge in [-0.2, -0.15) is 0 Å². The fourth-order valence-corrected chi connectivity index (χ4v) is 3.15. The molecule has 0 bridgehead atoms. The zero-order valence-corrected chi connectivity index (χ0v) is 13.8. The Labute approximate surface area is 136 Å². The van der Waals surface area contributed by atoms with E-state index in [4.69, 9.17) is 4.42 Å². The van der Waals surface area contributed by atoms with Crippen molar-refractivity contribution in [1.29, 1.82) is 0 Å². The van der Waals surface area contributed by atoms with Crippen molar-refractivity contribution in [2.75, 3.05) is 26.2 Å². The molecule has 1 fully saturated rings. The van der Waals surface area contributed by atoms with Crippen molar-refractivity contribution in [3.63, 3.8) is 0 Å². The predicted octanol–water partition coefficient (Wildman–Crippen LogP) is 2.15. The first-order valence-corrected chi connectivity index (χ1v) is 8.23. The number of nitrogens with one attached hydrogen (secondary N) is 1. The molecule has 0 saturated carbocycles. The quantitative estimate of drug-likeness (QED) is 0.918. The number of hydrogen-bond donors (Lipinski definition) is 1. The number of likely N-dealkylation sites (N-methyl/N-ethyl adjacent to an activating group) is 1. The van der Waals surface area contributed by atoms with Crippen molar-refractivity contribution in [2.45, 2.75) is 32.7 Å². The van der Waals surface area contributed by atoms with Gasteiger partial charge >= 0.3 is 0 Å². The molecule has 0 unspecified atom stereocenters.